The van der Waals surface area contributed by atoms with Crippen LogP contribution in [0.15, 0.2) is 211 Å². The lowest BCUT2D eigenvalue weighted by atomic mass is 9.73. The molecule has 8 fully saturated rings. The Morgan fingerprint density at radius 3 is 0.971 bits per heavy atom. The normalized spacial score (nSPS) is 20.0. The van der Waals surface area contributed by atoms with Crippen molar-refractivity contribution in [3.05, 3.63) is 277 Å². The molecule has 8 atom stereocenters. The molecule has 10 aromatic rings. The highest BCUT2D eigenvalue weighted by molar-refractivity contribution is 6.34. The molecule has 0 unspecified atom stereocenters. The van der Waals surface area contributed by atoms with Crippen molar-refractivity contribution in [1.29, 1.82) is 0 Å². The van der Waals surface area contributed by atoms with Gasteiger partial charge in [0.15, 0.2) is 5.82 Å². The average Bonchev–Trinajstić information content (AvgIpc) is 1.53. The number of hydrogen-bond acceptors (Lipinski definition) is 22. The summed E-state index contributed by atoms with van der Waals surface area (Å²) in [5, 5.41) is 19.9. The topological polar surface area (TPSA) is 369 Å². The van der Waals surface area contributed by atoms with Gasteiger partial charge in [-0.3, -0.25) is 19.2 Å². The van der Waals surface area contributed by atoms with E-state index in [-0.39, 0.29) is 50.2 Å². The number of nitrogen functional groups attached to an aromatic ring is 1. The van der Waals surface area contributed by atoms with E-state index in [0.717, 1.165) is 118 Å². The number of aromatic nitrogens is 4. The van der Waals surface area contributed by atoms with E-state index in [1.165, 1.54) is 137 Å². The smallest absolute Gasteiger partial charge is 0.252 e. The molecule has 4 saturated heterocycles. The Kier molecular flexibility index (Phi) is 35.2. The summed E-state index contributed by atoms with van der Waals surface area (Å²) < 4.78 is 21.2. The second-order valence-electron chi connectivity index (χ2n) is 38.4. The minimum Gasteiger partial charge on any atom is -0.497 e. The third-order valence-electron chi connectivity index (χ3n) is 30.5. The van der Waals surface area contributed by atoms with E-state index < -0.39 is 23.6 Å². The summed E-state index contributed by atoms with van der Waals surface area (Å²) >= 11 is 17.1. The molecule has 4 aliphatic heterocycles. The fraction of sp³-hybridized carbons (Fsp3) is 0.440. The average molecular weight is 1930 g/mol. The monoisotopic (exact) mass is 1930 g/mol. The Labute approximate surface area is 828 Å². The first kappa shape index (κ1) is 102. The van der Waals surface area contributed by atoms with Crippen LogP contribution in [0.4, 0.5) is 29.1 Å². The van der Waals surface area contributed by atoms with Gasteiger partial charge in [-0.05, 0) is 284 Å². The molecule has 4 aromatic heterocycles. The lowest BCUT2D eigenvalue weighted by Gasteiger charge is -2.45. The van der Waals surface area contributed by atoms with Crippen molar-refractivity contribution in [2.24, 2.45) is 49.6 Å². The Morgan fingerprint density at radius 1 is 0.362 bits per heavy atom. The first-order valence-electron chi connectivity index (χ1n) is 48.8. The maximum atomic E-state index is 12.5. The number of primary amides is 4. The molecule has 26 nitrogen and oxygen atoms in total. The highest BCUT2D eigenvalue weighted by Crippen LogP contribution is 2.52. The molecule has 4 aliphatic carbocycles. The maximum Gasteiger partial charge on any atom is 0.252 e. The number of benzene rings is 6. The van der Waals surface area contributed by atoms with E-state index in [9.17, 15) is 19.2 Å². The molecule has 4 saturated carbocycles. The summed E-state index contributed by atoms with van der Waals surface area (Å²) in [7, 11) is 6.80. The number of carbonyl (C=O) groups excluding carboxylic acids is 4. The molecule has 0 bridgehead atoms. The summed E-state index contributed by atoms with van der Waals surface area (Å²) in [6.07, 6.45) is 24.1. The van der Waals surface area contributed by atoms with Gasteiger partial charge in [-0.15, -0.1) is 0 Å². The van der Waals surface area contributed by atoms with Crippen LogP contribution in [0, 0.1) is 21.7 Å². The molecule has 138 heavy (non-hydrogen) atoms. The van der Waals surface area contributed by atoms with Crippen LogP contribution in [-0.2, 0) is 0 Å². The number of carbonyl (C=O) groups is 4. The quantitative estimate of drug-likeness (QED) is 0.0178. The van der Waals surface area contributed by atoms with Gasteiger partial charge in [-0.2, -0.15) is 0 Å². The van der Waals surface area contributed by atoms with Crippen LogP contribution in [0.5, 0.6) is 23.0 Å². The van der Waals surface area contributed by atoms with Crippen molar-refractivity contribution in [2.45, 2.75) is 204 Å². The minimum absolute atomic E-state index is 0.0324. The third kappa shape index (κ3) is 25.2. The van der Waals surface area contributed by atoms with Gasteiger partial charge < -0.3 is 88.9 Å². The molecule has 15 N–H and O–H groups in total. The van der Waals surface area contributed by atoms with E-state index in [1.54, 1.807) is 64.8 Å². The summed E-state index contributed by atoms with van der Waals surface area (Å²) in [5.74, 6) is 4.39. The van der Waals surface area contributed by atoms with Gasteiger partial charge in [0, 0.05) is 98.7 Å². The number of amides is 4. The second kappa shape index (κ2) is 47.5. The maximum absolute atomic E-state index is 12.5. The van der Waals surface area contributed by atoms with Crippen molar-refractivity contribution in [2.75, 3.05) is 101 Å². The van der Waals surface area contributed by atoms with Crippen molar-refractivity contribution in [3.8, 4) is 23.0 Å². The number of methoxy groups -OCH3 is 4. The molecule has 6 aromatic carbocycles. The van der Waals surface area contributed by atoms with Crippen LogP contribution in [0.1, 0.15) is 255 Å². The number of hydrogen-bond donors (Lipinski definition) is 10. The number of nitrogens with one attached hydrogen (secondary N) is 5. The Hall–Kier alpha value is -11.5. The number of pyridine rings is 4. The lowest BCUT2D eigenvalue weighted by Crippen LogP contribution is -2.49. The molecule has 732 valence electrons. The predicted octanol–water partition coefficient (Wildman–Crippen LogP) is 19.2. The Morgan fingerprint density at radius 2 is 0.652 bits per heavy atom. The number of piperidine rings is 4. The van der Waals surface area contributed by atoms with Crippen molar-refractivity contribution < 1.29 is 38.1 Å². The highest BCUT2D eigenvalue weighted by atomic mass is 35.5. The zero-order chi connectivity index (χ0) is 97.7. The lowest BCUT2D eigenvalue weighted by molar-refractivity contribution is 0.0991. The van der Waals surface area contributed by atoms with Crippen LogP contribution < -0.4 is 88.9 Å². The fourth-order valence-electron chi connectivity index (χ4n) is 22.5. The molecule has 18 rings (SSSR count). The first-order valence-corrected chi connectivity index (χ1v) is 50.0. The van der Waals surface area contributed by atoms with Crippen LogP contribution >= 0.6 is 34.8 Å². The zero-order valence-corrected chi connectivity index (χ0v) is 83.2. The van der Waals surface area contributed by atoms with Gasteiger partial charge >= 0.3 is 0 Å². The van der Waals surface area contributed by atoms with Gasteiger partial charge in [-0.25, -0.2) is 24.9 Å². The van der Waals surface area contributed by atoms with E-state index in [0.29, 0.717) is 86.6 Å². The standard InChI is InChI=1S/C37H41N5O2.C24H31ClN4O2.C24H33N5O2.C18H28N2O.C6H4Cl2N2O/c1-26(27-15-17-30(44-2)18-16-27)39-32-14-9-21-37(32)22-24-42(25-23-37)36-31(35(38)43)19-20-33(41-36)40-34(28-10-5-3-6-11-28)29-12-7-4-8-13-29;2*1-16(17-5-7-18(31-2)8-6-17)27-20-4-3-11-24(20)12-14-29(15-13-24)23-19(22(26)30)9-10-21(25)28-23;1-14(15-5-7-16(21-2)8-6-15)20-17-4-3-9-18(17)10-12-19-13-11-18;7-4-2-1-3(6(9)11)5(8)10-4/h3-8,10-13,15-20,26,32,39H,9,14,21-25H2,1-2H3,(H2,38,43);5-10,16,20,27H,3-4,11-15H2,1-2H3,(H2,26,30);5-10,16,20,27H,3-4,11-15H2,1-2H3,(H2,25,28)(H2,26,30);5-8,14,17,19-20H,3-4,9-13H2,1-2H3;1-2H,(H2,9,11)/t26-,32-;2*16-,20-;14-,17-;/m1111./s1. The predicted molar refractivity (Wildman–Crippen MR) is 554 cm³/mol. The SMILES string of the molecule is COc1ccc([C@@H](C)N[C@@H]2CCCC23CCN(c2nc(Cl)ccc2C(N)=O)CC3)cc1.COc1ccc([C@@H](C)N[C@@H]2CCCC23CCN(c2nc(N)ccc2C(N)=O)CC3)cc1.COc1ccc([C@@H](C)N[C@@H]2CCCC23CCN(c2nc(N=C(c4ccccc4)c4ccccc4)ccc2C(N)=O)CC3)cc1.COc1ccc([C@@H](C)N[C@@H]2CCCC23CCNCC3)cc1.NC(=O)c1ccc(Cl)nc1Cl. The van der Waals surface area contributed by atoms with Gasteiger partial charge in [0.1, 0.15) is 61.7 Å². The van der Waals surface area contributed by atoms with Crippen LogP contribution in [0.2, 0.25) is 15.5 Å². The number of halogens is 3. The van der Waals surface area contributed by atoms with E-state index >= 15 is 0 Å². The first-order chi connectivity index (χ1) is 66.6. The summed E-state index contributed by atoms with van der Waals surface area (Å²) in [5.41, 5.74) is 38.7. The van der Waals surface area contributed by atoms with Gasteiger partial charge in [0.05, 0.1) is 56.4 Å². The van der Waals surface area contributed by atoms with Crippen LogP contribution in [0.3, 0.4) is 0 Å². The third-order valence-corrected chi connectivity index (χ3v) is 31.2. The molecular formula is C109H137Cl3N18O8. The van der Waals surface area contributed by atoms with Crippen molar-refractivity contribution in [3.63, 3.8) is 0 Å². The van der Waals surface area contributed by atoms with E-state index in [1.807, 2.05) is 72.8 Å². The largest absolute Gasteiger partial charge is 0.497 e. The number of aliphatic imine (C=N–C) groups is 1. The van der Waals surface area contributed by atoms with E-state index in [2.05, 4.69) is 169 Å². The number of nitrogens with two attached hydrogens (primary N) is 5. The number of rotatable bonds is 26. The molecule has 4 amide bonds. The van der Waals surface area contributed by atoms with Gasteiger partial charge in [0.25, 0.3) is 23.6 Å². The van der Waals surface area contributed by atoms with Crippen LogP contribution in [0.25, 0.3) is 0 Å². The fourth-order valence-corrected chi connectivity index (χ4v) is 23.0. The highest BCUT2D eigenvalue weighted by Gasteiger charge is 2.50. The number of nitrogens with zero attached hydrogens (tertiary/aromatic N) is 8. The van der Waals surface area contributed by atoms with Crippen molar-refractivity contribution in [1.82, 2.24) is 46.5 Å². The summed E-state index contributed by atoms with van der Waals surface area (Å²) in [6.45, 7) is 16.4. The van der Waals surface area contributed by atoms with Crippen molar-refractivity contribution >= 4 is 93.2 Å². The minimum atomic E-state index is -0.612. The molecule has 0 radical (unpaired) electrons. The van der Waals surface area contributed by atoms with Gasteiger partial charge in [-0.1, -0.05) is 170 Å². The number of ether oxygens (including phenoxy) is 4. The second-order valence-corrected chi connectivity index (χ2v) is 39.5. The molecular weight excluding hydrogens is 1800 g/mol. The molecule has 29 heteroatoms. The van der Waals surface area contributed by atoms with Crippen LogP contribution in [-0.4, -0.2) is 154 Å². The Balaban J connectivity index is 0.000000145. The molecule has 4 spiro atoms. The number of anilines is 4. The summed E-state index contributed by atoms with van der Waals surface area (Å²) in [6, 6.07) is 70.0. The van der Waals surface area contributed by atoms with Gasteiger partial charge in [0.2, 0.25) is 0 Å². The summed E-state index contributed by atoms with van der Waals surface area (Å²) in [4.78, 5) is 75.9. The Bertz CT molecular complexity index is 5530. The zero-order valence-electron chi connectivity index (χ0n) is 80.9. The molecule has 8 heterocycles. The van der Waals surface area contributed by atoms with E-state index in [4.69, 9.17) is 92.4 Å². The molecule has 8 aliphatic rings.